The Kier molecular flexibility index (Phi) is 6.30. The van der Waals surface area contributed by atoms with E-state index in [4.69, 9.17) is 5.73 Å². The molecule has 110 valence electrons. The second-order valence-corrected chi connectivity index (χ2v) is 4.96. The van der Waals surface area contributed by atoms with E-state index in [9.17, 15) is 4.79 Å². The number of oxime groups is 1. The molecule has 0 saturated heterocycles. The van der Waals surface area contributed by atoms with Crippen LogP contribution in [0.25, 0.3) is 0 Å². The molecule has 1 rings (SSSR count). The SMILES string of the molecule is CCc1cc(Br)cc(CC)c1NC(=O)NC(N)=NOC. The summed E-state index contributed by atoms with van der Waals surface area (Å²) in [7, 11) is 1.35. The predicted molar refractivity (Wildman–Crippen MR) is 83.7 cm³/mol. The van der Waals surface area contributed by atoms with Gasteiger partial charge in [-0.2, -0.15) is 0 Å². The molecule has 1 aromatic rings. The molecule has 0 bridgehead atoms. The molecule has 0 fully saturated rings. The third-order valence-corrected chi connectivity index (χ3v) is 3.16. The molecule has 0 atom stereocenters. The number of nitrogens with two attached hydrogens (primary N) is 1. The number of halogens is 1. The Morgan fingerprint density at radius 1 is 1.35 bits per heavy atom. The molecule has 0 heterocycles. The molecule has 0 radical (unpaired) electrons. The number of carbonyl (C=O) groups excluding carboxylic acids is 1. The van der Waals surface area contributed by atoms with Crippen molar-refractivity contribution >= 4 is 33.6 Å². The Hall–Kier alpha value is -1.76. The minimum atomic E-state index is -0.449. The summed E-state index contributed by atoms with van der Waals surface area (Å²) in [6.07, 6.45) is 1.62. The van der Waals surface area contributed by atoms with Gasteiger partial charge in [-0.3, -0.25) is 5.32 Å². The fourth-order valence-corrected chi connectivity index (χ4v) is 2.38. The van der Waals surface area contributed by atoms with Gasteiger partial charge in [-0.15, -0.1) is 0 Å². The highest BCUT2D eigenvalue weighted by Crippen LogP contribution is 2.27. The lowest BCUT2D eigenvalue weighted by molar-refractivity contribution is 0.211. The fraction of sp³-hybridized carbons (Fsp3) is 0.385. The van der Waals surface area contributed by atoms with E-state index in [2.05, 4.69) is 36.6 Å². The molecule has 0 aliphatic carbocycles. The minimum Gasteiger partial charge on any atom is -0.396 e. The number of hydrogen-bond acceptors (Lipinski definition) is 3. The van der Waals surface area contributed by atoms with Crippen molar-refractivity contribution in [3.63, 3.8) is 0 Å². The Morgan fingerprint density at radius 3 is 2.35 bits per heavy atom. The molecule has 0 aliphatic rings. The van der Waals surface area contributed by atoms with Crippen LogP contribution in [0.2, 0.25) is 0 Å². The summed E-state index contributed by atoms with van der Waals surface area (Å²) in [5.41, 5.74) is 8.36. The zero-order chi connectivity index (χ0) is 15.1. The quantitative estimate of drug-likeness (QED) is 0.446. The summed E-state index contributed by atoms with van der Waals surface area (Å²) < 4.78 is 0.998. The van der Waals surface area contributed by atoms with Gasteiger partial charge in [0.05, 0.1) is 0 Å². The average molecular weight is 343 g/mol. The van der Waals surface area contributed by atoms with Crippen LogP contribution < -0.4 is 16.4 Å². The first-order valence-electron chi connectivity index (χ1n) is 6.27. The van der Waals surface area contributed by atoms with Crippen molar-refractivity contribution in [2.24, 2.45) is 10.9 Å². The van der Waals surface area contributed by atoms with Gasteiger partial charge in [-0.05, 0) is 41.3 Å². The van der Waals surface area contributed by atoms with Crippen LogP contribution in [0.3, 0.4) is 0 Å². The molecule has 0 saturated carbocycles. The van der Waals surface area contributed by atoms with E-state index >= 15 is 0 Å². The van der Waals surface area contributed by atoms with Gasteiger partial charge in [-0.1, -0.05) is 29.8 Å². The number of hydrogen-bond donors (Lipinski definition) is 3. The maximum atomic E-state index is 11.9. The minimum absolute atomic E-state index is 0.0989. The molecule has 6 nitrogen and oxygen atoms in total. The number of guanidine groups is 1. The van der Waals surface area contributed by atoms with Crippen LogP contribution in [0, 0.1) is 0 Å². The lowest BCUT2D eigenvalue weighted by atomic mass is 10.0. The summed E-state index contributed by atoms with van der Waals surface area (Å²) in [6, 6.07) is 3.53. The van der Waals surface area contributed by atoms with Crippen LogP contribution >= 0.6 is 15.9 Å². The van der Waals surface area contributed by atoms with Gasteiger partial charge in [0, 0.05) is 10.2 Å². The Bertz CT molecular complexity index is 492. The van der Waals surface area contributed by atoms with E-state index in [0.29, 0.717) is 0 Å². The van der Waals surface area contributed by atoms with Crippen molar-refractivity contribution in [3.05, 3.63) is 27.7 Å². The highest BCUT2D eigenvalue weighted by atomic mass is 79.9. The number of carbonyl (C=O) groups is 1. The maximum absolute atomic E-state index is 11.9. The van der Waals surface area contributed by atoms with Crippen molar-refractivity contribution in [3.8, 4) is 0 Å². The zero-order valence-corrected chi connectivity index (χ0v) is 13.4. The van der Waals surface area contributed by atoms with E-state index in [0.717, 1.165) is 34.1 Å². The van der Waals surface area contributed by atoms with E-state index in [1.165, 1.54) is 7.11 Å². The largest absolute Gasteiger partial charge is 0.396 e. The normalized spacial score (nSPS) is 11.1. The van der Waals surface area contributed by atoms with Gasteiger partial charge < -0.3 is 15.9 Å². The zero-order valence-electron chi connectivity index (χ0n) is 11.8. The van der Waals surface area contributed by atoms with Gasteiger partial charge in [0.15, 0.2) is 0 Å². The lowest BCUT2D eigenvalue weighted by Crippen LogP contribution is -2.40. The van der Waals surface area contributed by atoms with Crippen LogP contribution in [0.15, 0.2) is 21.8 Å². The first-order chi connectivity index (χ1) is 9.51. The van der Waals surface area contributed by atoms with Crippen molar-refractivity contribution in [2.75, 3.05) is 12.4 Å². The molecule has 0 aromatic heterocycles. The van der Waals surface area contributed by atoms with E-state index in [1.54, 1.807) is 0 Å². The van der Waals surface area contributed by atoms with Crippen LogP contribution in [0.1, 0.15) is 25.0 Å². The topological polar surface area (TPSA) is 88.7 Å². The summed E-state index contributed by atoms with van der Waals surface area (Å²) in [5.74, 6) is -0.0989. The average Bonchev–Trinajstić information content (AvgIpc) is 2.40. The van der Waals surface area contributed by atoms with Gasteiger partial charge in [0.1, 0.15) is 7.11 Å². The molecule has 7 heteroatoms. The molecule has 1 aromatic carbocycles. The molecule has 4 N–H and O–H groups in total. The Labute approximate surface area is 126 Å². The molecule has 2 amide bonds. The second kappa shape index (κ2) is 7.74. The van der Waals surface area contributed by atoms with Crippen molar-refractivity contribution < 1.29 is 9.63 Å². The van der Waals surface area contributed by atoms with Crippen LogP contribution in [-0.4, -0.2) is 19.1 Å². The van der Waals surface area contributed by atoms with E-state index in [-0.39, 0.29) is 5.96 Å². The summed E-state index contributed by atoms with van der Waals surface area (Å²) in [4.78, 5) is 16.3. The van der Waals surface area contributed by atoms with Crippen molar-refractivity contribution in [1.29, 1.82) is 0 Å². The van der Waals surface area contributed by atoms with Crippen LogP contribution in [0.4, 0.5) is 10.5 Å². The van der Waals surface area contributed by atoms with Gasteiger partial charge in [0.2, 0.25) is 5.96 Å². The second-order valence-electron chi connectivity index (χ2n) is 4.04. The van der Waals surface area contributed by atoms with Crippen molar-refractivity contribution in [1.82, 2.24) is 5.32 Å². The van der Waals surface area contributed by atoms with E-state index < -0.39 is 6.03 Å². The smallest absolute Gasteiger partial charge is 0.326 e. The highest BCUT2D eigenvalue weighted by Gasteiger charge is 2.12. The number of rotatable bonds is 4. The first kappa shape index (κ1) is 16.3. The molecule has 0 unspecified atom stereocenters. The predicted octanol–water partition coefficient (Wildman–Crippen LogP) is 2.57. The first-order valence-corrected chi connectivity index (χ1v) is 7.07. The van der Waals surface area contributed by atoms with Gasteiger partial charge >= 0.3 is 6.03 Å². The number of aryl methyl sites for hydroxylation is 2. The van der Waals surface area contributed by atoms with Crippen molar-refractivity contribution in [2.45, 2.75) is 26.7 Å². The van der Waals surface area contributed by atoms with Gasteiger partial charge in [0.25, 0.3) is 0 Å². The Balaban J connectivity index is 2.96. The molecule has 0 spiro atoms. The number of nitrogens with one attached hydrogen (secondary N) is 2. The number of benzene rings is 1. The third kappa shape index (κ3) is 4.41. The van der Waals surface area contributed by atoms with Crippen LogP contribution in [0.5, 0.6) is 0 Å². The van der Waals surface area contributed by atoms with Gasteiger partial charge in [-0.25, -0.2) is 4.79 Å². The molecule has 20 heavy (non-hydrogen) atoms. The number of anilines is 1. The monoisotopic (exact) mass is 342 g/mol. The number of urea groups is 1. The number of nitrogens with zero attached hydrogens (tertiary/aromatic N) is 1. The Morgan fingerprint density at radius 2 is 1.90 bits per heavy atom. The van der Waals surface area contributed by atoms with E-state index in [1.807, 2.05) is 26.0 Å². The fourth-order valence-electron chi connectivity index (χ4n) is 1.83. The standard InChI is InChI=1S/C13H19BrN4O2/c1-4-8-6-10(14)7-9(5-2)11(8)16-13(19)17-12(15)18-20-3/h6-7H,4-5H2,1-3H3,(H4,15,16,17,18,19). The third-order valence-electron chi connectivity index (χ3n) is 2.70. The van der Waals surface area contributed by atoms with Crippen LogP contribution in [-0.2, 0) is 17.7 Å². The highest BCUT2D eigenvalue weighted by molar-refractivity contribution is 9.10. The maximum Gasteiger partial charge on any atom is 0.326 e. The molecular formula is C13H19BrN4O2. The summed E-state index contributed by atoms with van der Waals surface area (Å²) in [5, 5.41) is 8.62. The number of amides is 2. The summed E-state index contributed by atoms with van der Waals surface area (Å²) >= 11 is 3.47. The molecule has 0 aliphatic heterocycles. The lowest BCUT2D eigenvalue weighted by Gasteiger charge is -2.15. The summed E-state index contributed by atoms with van der Waals surface area (Å²) in [6.45, 7) is 4.07. The molecular weight excluding hydrogens is 324 g/mol.